The molecule has 0 radical (unpaired) electrons. The highest BCUT2D eigenvalue weighted by Crippen LogP contribution is 2.43. The molecule has 0 bridgehead atoms. The molecule has 2 N–H and O–H groups in total. The van der Waals surface area contributed by atoms with Gasteiger partial charge in [-0.05, 0) is 66.1 Å². The lowest BCUT2D eigenvalue weighted by molar-refractivity contribution is -0.113. The Bertz CT molecular complexity index is 1220. The summed E-state index contributed by atoms with van der Waals surface area (Å²) in [4.78, 5) is 13.6. The summed E-state index contributed by atoms with van der Waals surface area (Å²) in [6, 6.07) is 8.75. The second-order valence-corrected chi connectivity index (χ2v) is 7.67. The van der Waals surface area contributed by atoms with Crippen molar-refractivity contribution in [3.05, 3.63) is 58.3 Å². The number of anilines is 2. The number of aromatic nitrogens is 4. The zero-order valence-corrected chi connectivity index (χ0v) is 19.4. The molecule has 1 unspecified atom stereocenters. The van der Waals surface area contributed by atoms with E-state index >= 15 is 0 Å². The van der Waals surface area contributed by atoms with E-state index in [0.717, 1.165) is 16.8 Å². The van der Waals surface area contributed by atoms with E-state index in [1.165, 1.54) is 7.11 Å². The Balaban J connectivity index is 1.84. The quantitative estimate of drug-likeness (QED) is 0.589. The summed E-state index contributed by atoms with van der Waals surface area (Å²) < 4.78 is 18.1. The summed E-state index contributed by atoms with van der Waals surface area (Å²) >= 11 is 0. The molecule has 0 saturated heterocycles. The van der Waals surface area contributed by atoms with Gasteiger partial charge < -0.3 is 24.8 Å². The average Bonchev–Trinajstić information content (AvgIpc) is 3.27. The van der Waals surface area contributed by atoms with Crippen LogP contribution in [0.2, 0.25) is 0 Å². The van der Waals surface area contributed by atoms with Gasteiger partial charge in [0.15, 0.2) is 11.5 Å². The van der Waals surface area contributed by atoms with Crippen molar-refractivity contribution in [3.8, 4) is 17.2 Å². The van der Waals surface area contributed by atoms with Gasteiger partial charge in [-0.3, -0.25) is 4.79 Å². The zero-order valence-electron chi connectivity index (χ0n) is 19.4. The first kappa shape index (κ1) is 22.1. The molecule has 4 rings (SSSR count). The molecule has 33 heavy (non-hydrogen) atoms. The molecular formula is C23H26N6O4. The molecule has 1 aliphatic rings. The first-order valence-electron chi connectivity index (χ1n) is 10.3. The van der Waals surface area contributed by atoms with Crippen LogP contribution < -0.4 is 24.8 Å². The van der Waals surface area contributed by atoms with Gasteiger partial charge in [0.2, 0.25) is 11.7 Å². The topological polar surface area (TPSA) is 112 Å². The molecule has 0 saturated carbocycles. The Morgan fingerprint density at radius 1 is 1.06 bits per heavy atom. The van der Waals surface area contributed by atoms with Gasteiger partial charge in [-0.1, -0.05) is 17.2 Å². The number of rotatable bonds is 6. The van der Waals surface area contributed by atoms with E-state index in [0.29, 0.717) is 40.0 Å². The molecule has 3 aromatic rings. The first-order valence-corrected chi connectivity index (χ1v) is 10.3. The lowest BCUT2D eigenvalue weighted by atomic mass is 9.94. The van der Waals surface area contributed by atoms with Crippen molar-refractivity contribution in [2.24, 2.45) is 0 Å². The second kappa shape index (κ2) is 8.81. The predicted molar refractivity (Wildman–Crippen MR) is 123 cm³/mol. The monoisotopic (exact) mass is 450 g/mol. The van der Waals surface area contributed by atoms with E-state index in [9.17, 15) is 4.79 Å². The lowest BCUT2D eigenvalue weighted by Gasteiger charge is -2.29. The normalized spacial score (nSPS) is 14.9. The molecule has 1 atom stereocenters. The molecule has 0 aliphatic carbocycles. The number of fused-ring (bicyclic) bond motifs is 1. The number of nitrogens with one attached hydrogen (secondary N) is 2. The van der Waals surface area contributed by atoms with Crippen LogP contribution in [0.3, 0.4) is 0 Å². The van der Waals surface area contributed by atoms with E-state index in [2.05, 4.69) is 26.2 Å². The standard InChI is InChI=1S/C23H26N6O4/c1-12-8-7-9-16(13(12)2)25-22(30)19-14(3)24-23-26-27-28-29(23)20(19)15-10-17(31-4)21(33-6)18(11-15)32-5/h7-11,20H,1-6H3,(H,25,30)(H,24,26,28). The summed E-state index contributed by atoms with van der Waals surface area (Å²) in [6.45, 7) is 5.80. The highest BCUT2D eigenvalue weighted by Gasteiger charge is 2.35. The maximum Gasteiger partial charge on any atom is 0.255 e. The van der Waals surface area contributed by atoms with Gasteiger partial charge in [0.25, 0.3) is 5.91 Å². The second-order valence-electron chi connectivity index (χ2n) is 7.67. The lowest BCUT2D eigenvalue weighted by Crippen LogP contribution is -2.31. The van der Waals surface area contributed by atoms with Crippen molar-refractivity contribution in [2.45, 2.75) is 26.8 Å². The summed E-state index contributed by atoms with van der Waals surface area (Å²) in [7, 11) is 4.62. The third kappa shape index (κ3) is 3.84. The number of hydrogen-bond acceptors (Lipinski definition) is 8. The number of aryl methyl sites for hydroxylation is 1. The van der Waals surface area contributed by atoms with Crippen LogP contribution in [0.4, 0.5) is 11.6 Å². The summed E-state index contributed by atoms with van der Waals surface area (Å²) in [5.74, 6) is 1.54. The number of amides is 1. The number of hydrogen-bond donors (Lipinski definition) is 2. The van der Waals surface area contributed by atoms with Crippen LogP contribution in [-0.4, -0.2) is 47.4 Å². The maximum atomic E-state index is 13.6. The number of methoxy groups -OCH3 is 3. The van der Waals surface area contributed by atoms with Crippen molar-refractivity contribution in [1.29, 1.82) is 0 Å². The Hall–Kier alpha value is -4.08. The molecule has 2 aromatic carbocycles. The molecule has 0 fully saturated rings. The fourth-order valence-electron chi connectivity index (χ4n) is 3.95. The van der Waals surface area contributed by atoms with E-state index in [4.69, 9.17) is 14.2 Å². The first-order chi connectivity index (χ1) is 15.9. The number of allylic oxidation sites excluding steroid dienone is 1. The zero-order chi connectivity index (χ0) is 23.7. The fraction of sp³-hybridized carbons (Fsp3) is 0.304. The molecule has 1 amide bonds. The van der Waals surface area contributed by atoms with Crippen LogP contribution in [0.5, 0.6) is 17.2 Å². The molecule has 172 valence electrons. The van der Waals surface area contributed by atoms with E-state index in [1.807, 2.05) is 39.0 Å². The van der Waals surface area contributed by atoms with Crippen molar-refractivity contribution < 1.29 is 19.0 Å². The van der Waals surface area contributed by atoms with Crippen LogP contribution in [0.1, 0.15) is 29.7 Å². The van der Waals surface area contributed by atoms with Crippen LogP contribution in [0.25, 0.3) is 0 Å². The number of tetrazole rings is 1. The minimum Gasteiger partial charge on any atom is -0.493 e. The SMILES string of the molecule is COc1cc(C2C(C(=O)Nc3cccc(C)c3C)=C(C)Nc3nnnn32)cc(OC)c1OC. The number of benzene rings is 2. The molecule has 1 aliphatic heterocycles. The maximum absolute atomic E-state index is 13.6. The third-order valence-corrected chi connectivity index (χ3v) is 5.81. The number of carbonyl (C=O) groups is 1. The van der Waals surface area contributed by atoms with E-state index in [1.54, 1.807) is 31.0 Å². The smallest absolute Gasteiger partial charge is 0.255 e. The summed E-state index contributed by atoms with van der Waals surface area (Å²) in [6.07, 6.45) is 0. The van der Waals surface area contributed by atoms with Crippen molar-refractivity contribution in [2.75, 3.05) is 32.0 Å². The highest BCUT2D eigenvalue weighted by atomic mass is 16.5. The minimum absolute atomic E-state index is 0.270. The van der Waals surface area contributed by atoms with Gasteiger partial charge in [-0.2, -0.15) is 4.68 Å². The molecule has 1 aromatic heterocycles. The highest BCUT2D eigenvalue weighted by molar-refractivity contribution is 6.06. The largest absolute Gasteiger partial charge is 0.493 e. The number of nitrogens with zero attached hydrogens (tertiary/aromatic N) is 4. The van der Waals surface area contributed by atoms with E-state index in [-0.39, 0.29) is 5.91 Å². The van der Waals surface area contributed by atoms with Gasteiger partial charge in [-0.15, -0.1) is 0 Å². The van der Waals surface area contributed by atoms with Crippen molar-refractivity contribution in [3.63, 3.8) is 0 Å². The van der Waals surface area contributed by atoms with Gasteiger partial charge in [0.1, 0.15) is 6.04 Å². The molecule has 2 heterocycles. The molecule has 10 nitrogen and oxygen atoms in total. The minimum atomic E-state index is -0.630. The Morgan fingerprint density at radius 3 is 2.39 bits per heavy atom. The van der Waals surface area contributed by atoms with Crippen LogP contribution in [0.15, 0.2) is 41.6 Å². The Labute approximate surface area is 191 Å². The third-order valence-electron chi connectivity index (χ3n) is 5.81. The Kier molecular flexibility index (Phi) is 5.91. The van der Waals surface area contributed by atoms with Crippen molar-refractivity contribution in [1.82, 2.24) is 20.2 Å². The summed E-state index contributed by atoms with van der Waals surface area (Å²) in [5.41, 5.74) is 4.63. The van der Waals surface area contributed by atoms with Crippen LogP contribution >= 0.6 is 0 Å². The Morgan fingerprint density at radius 2 is 1.76 bits per heavy atom. The predicted octanol–water partition coefficient (Wildman–Crippen LogP) is 3.24. The number of ether oxygens (including phenoxy) is 3. The molecule has 10 heteroatoms. The van der Waals surface area contributed by atoms with E-state index < -0.39 is 6.04 Å². The average molecular weight is 450 g/mol. The van der Waals surface area contributed by atoms with Gasteiger partial charge in [0, 0.05) is 11.4 Å². The van der Waals surface area contributed by atoms with Crippen LogP contribution in [-0.2, 0) is 4.79 Å². The molecular weight excluding hydrogens is 424 g/mol. The van der Waals surface area contributed by atoms with Crippen LogP contribution in [0, 0.1) is 13.8 Å². The van der Waals surface area contributed by atoms with Gasteiger partial charge in [0.05, 0.1) is 26.9 Å². The van der Waals surface area contributed by atoms with Gasteiger partial charge >= 0.3 is 0 Å². The number of carbonyl (C=O) groups excluding carboxylic acids is 1. The van der Waals surface area contributed by atoms with Crippen molar-refractivity contribution >= 4 is 17.5 Å². The fourth-order valence-corrected chi connectivity index (χ4v) is 3.95. The van der Waals surface area contributed by atoms with Gasteiger partial charge in [-0.25, -0.2) is 0 Å². The summed E-state index contributed by atoms with van der Waals surface area (Å²) in [5, 5.41) is 18.1. The molecule has 0 spiro atoms.